The fraction of sp³-hybridized carbons (Fsp3) is 0.900. The topological polar surface area (TPSA) is 44.5 Å². The normalized spacial score (nSPS) is 12.3. The monoisotopic (exact) mass is 608 g/mol. The molecule has 0 aromatic heterocycles. The highest BCUT2D eigenvalue weighted by Gasteiger charge is 2.02. The molecule has 0 fully saturated rings. The van der Waals surface area contributed by atoms with Crippen molar-refractivity contribution in [3.05, 3.63) is 24.3 Å². The standard InChI is InChI=1S/C39H76O2.CH5N/c1-4-6-8-10-12-14-16-18-20-22-24-26-28-30-32-34-36-40-38-39(3)41-37-35-33-31-29-27-25-23-21-19-17-15-13-11-9-7-5-2;1-2/h18-21,39H,4-17,22-38H2,1-3H3;2H2,1H3/b20-18-,21-19-;. The molecular formula is C40H81NO2. The van der Waals surface area contributed by atoms with E-state index < -0.39 is 0 Å². The van der Waals surface area contributed by atoms with Crippen molar-refractivity contribution in [1.82, 2.24) is 0 Å². The van der Waals surface area contributed by atoms with Crippen LogP contribution >= 0.6 is 0 Å². The van der Waals surface area contributed by atoms with Gasteiger partial charge in [0.2, 0.25) is 0 Å². The van der Waals surface area contributed by atoms with Crippen molar-refractivity contribution in [1.29, 1.82) is 0 Å². The SMILES string of the molecule is CCCCCCCC/C=C\CCCCCCCCOCC(C)OCCCCCCCC/C=C\CCCCCCCC.CN. The van der Waals surface area contributed by atoms with Crippen molar-refractivity contribution in [2.45, 2.75) is 207 Å². The molecule has 43 heavy (non-hydrogen) atoms. The predicted molar refractivity (Wildman–Crippen MR) is 195 cm³/mol. The minimum Gasteiger partial charge on any atom is -0.379 e. The van der Waals surface area contributed by atoms with Gasteiger partial charge >= 0.3 is 0 Å². The zero-order valence-electron chi connectivity index (χ0n) is 30.2. The first-order valence-corrected chi connectivity index (χ1v) is 19.4. The van der Waals surface area contributed by atoms with E-state index in [4.69, 9.17) is 9.47 Å². The second-order valence-corrected chi connectivity index (χ2v) is 12.6. The van der Waals surface area contributed by atoms with Gasteiger partial charge in [-0.3, -0.25) is 0 Å². The summed E-state index contributed by atoms with van der Waals surface area (Å²) in [6.45, 7) is 9.26. The van der Waals surface area contributed by atoms with Gasteiger partial charge in [0.15, 0.2) is 0 Å². The first kappa shape index (κ1) is 44.5. The van der Waals surface area contributed by atoms with E-state index in [-0.39, 0.29) is 6.10 Å². The summed E-state index contributed by atoms with van der Waals surface area (Å²) < 4.78 is 11.8. The first-order chi connectivity index (χ1) is 21.3. The number of rotatable bonds is 35. The van der Waals surface area contributed by atoms with Gasteiger partial charge < -0.3 is 15.2 Å². The lowest BCUT2D eigenvalue weighted by Crippen LogP contribution is -2.17. The Morgan fingerprint density at radius 3 is 1.09 bits per heavy atom. The van der Waals surface area contributed by atoms with Crippen molar-refractivity contribution >= 4 is 0 Å². The van der Waals surface area contributed by atoms with E-state index in [1.54, 1.807) is 0 Å². The van der Waals surface area contributed by atoms with Crippen LogP contribution in [0.3, 0.4) is 0 Å². The smallest absolute Gasteiger partial charge is 0.0780 e. The molecule has 0 saturated heterocycles. The highest BCUT2D eigenvalue weighted by Crippen LogP contribution is 2.12. The largest absolute Gasteiger partial charge is 0.379 e. The Labute approximate surface area is 272 Å². The van der Waals surface area contributed by atoms with E-state index in [0.717, 1.165) is 19.8 Å². The molecule has 0 bridgehead atoms. The average Bonchev–Trinajstić information content (AvgIpc) is 3.03. The molecule has 0 spiro atoms. The van der Waals surface area contributed by atoms with Crippen LogP contribution < -0.4 is 5.73 Å². The van der Waals surface area contributed by atoms with Crippen molar-refractivity contribution in [3.63, 3.8) is 0 Å². The summed E-state index contributed by atoms with van der Waals surface area (Å²) in [7, 11) is 1.50. The van der Waals surface area contributed by atoms with Crippen LogP contribution in [0.4, 0.5) is 0 Å². The Bertz CT molecular complexity index is 519. The van der Waals surface area contributed by atoms with E-state index in [1.165, 1.54) is 187 Å². The maximum Gasteiger partial charge on any atom is 0.0780 e. The van der Waals surface area contributed by atoms with Crippen LogP contribution in [0.5, 0.6) is 0 Å². The summed E-state index contributed by atoms with van der Waals surface area (Å²) in [6, 6.07) is 0. The van der Waals surface area contributed by atoms with E-state index >= 15 is 0 Å². The van der Waals surface area contributed by atoms with Crippen molar-refractivity contribution in [3.8, 4) is 0 Å². The Hall–Kier alpha value is -0.640. The third kappa shape index (κ3) is 43.5. The second-order valence-electron chi connectivity index (χ2n) is 12.6. The Balaban J connectivity index is 0. The molecular weight excluding hydrogens is 526 g/mol. The fourth-order valence-corrected chi connectivity index (χ4v) is 5.38. The van der Waals surface area contributed by atoms with Gasteiger partial charge in [0, 0.05) is 13.2 Å². The predicted octanol–water partition coefficient (Wildman–Crippen LogP) is 13.1. The highest BCUT2D eigenvalue weighted by atomic mass is 16.5. The molecule has 0 radical (unpaired) electrons. The quantitative estimate of drug-likeness (QED) is 0.0575. The molecule has 3 heteroatoms. The molecule has 0 amide bonds. The van der Waals surface area contributed by atoms with Gasteiger partial charge in [-0.25, -0.2) is 0 Å². The minimum absolute atomic E-state index is 0.229. The van der Waals surface area contributed by atoms with E-state index in [2.05, 4.69) is 50.8 Å². The second kappa shape index (κ2) is 43.5. The molecule has 0 saturated carbocycles. The summed E-state index contributed by atoms with van der Waals surface area (Å²) in [6.07, 6.45) is 47.8. The maximum atomic E-state index is 5.95. The molecule has 0 aliphatic heterocycles. The lowest BCUT2D eigenvalue weighted by Gasteiger charge is -2.13. The molecule has 258 valence electrons. The van der Waals surface area contributed by atoms with Crippen molar-refractivity contribution in [2.24, 2.45) is 5.73 Å². The third-order valence-corrected chi connectivity index (χ3v) is 8.21. The zero-order chi connectivity index (χ0) is 31.7. The maximum absolute atomic E-state index is 5.95. The molecule has 0 heterocycles. The number of unbranched alkanes of at least 4 members (excludes halogenated alkanes) is 24. The average molecular weight is 608 g/mol. The van der Waals surface area contributed by atoms with Crippen LogP contribution in [0.15, 0.2) is 24.3 Å². The molecule has 0 rings (SSSR count). The van der Waals surface area contributed by atoms with Gasteiger partial charge in [-0.05, 0) is 78.2 Å². The lowest BCUT2D eigenvalue weighted by atomic mass is 10.1. The molecule has 3 nitrogen and oxygen atoms in total. The summed E-state index contributed by atoms with van der Waals surface area (Å²) in [5.41, 5.74) is 4.50. The Morgan fingerprint density at radius 1 is 0.419 bits per heavy atom. The number of hydrogen-bond donors (Lipinski definition) is 1. The van der Waals surface area contributed by atoms with Gasteiger partial charge in [-0.2, -0.15) is 0 Å². The number of allylic oxidation sites excluding steroid dienone is 4. The lowest BCUT2D eigenvalue weighted by molar-refractivity contribution is -0.00869. The Morgan fingerprint density at radius 2 is 0.721 bits per heavy atom. The third-order valence-electron chi connectivity index (χ3n) is 8.21. The first-order valence-electron chi connectivity index (χ1n) is 19.4. The zero-order valence-corrected chi connectivity index (χ0v) is 30.2. The minimum atomic E-state index is 0.229. The van der Waals surface area contributed by atoms with Crippen LogP contribution in [0.25, 0.3) is 0 Å². The van der Waals surface area contributed by atoms with Gasteiger partial charge in [0.25, 0.3) is 0 Å². The summed E-state index contributed by atoms with van der Waals surface area (Å²) in [4.78, 5) is 0. The molecule has 0 aliphatic carbocycles. The van der Waals surface area contributed by atoms with Crippen LogP contribution in [0, 0.1) is 0 Å². The van der Waals surface area contributed by atoms with Crippen molar-refractivity contribution in [2.75, 3.05) is 26.9 Å². The van der Waals surface area contributed by atoms with Gasteiger partial charge in [-0.1, -0.05) is 154 Å². The number of hydrogen-bond acceptors (Lipinski definition) is 3. The van der Waals surface area contributed by atoms with Crippen LogP contribution in [-0.2, 0) is 9.47 Å². The molecule has 0 aromatic rings. The summed E-state index contributed by atoms with van der Waals surface area (Å²) in [5, 5.41) is 0. The highest BCUT2D eigenvalue weighted by molar-refractivity contribution is 4.82. The molecule has 1 atom stereocenters. The molecule has 1 unspecified atom stereocenters. The van der Waals surface area contributed by atoms with Crippen LogP contribution in [0.1, 0.15) is 201 Å². The van der Waals surface area contributed by atoms with Crippen molar-refractivity contribution < 1.29 is 9.47 Å². The fourth-order valence-electron chi connectivity index (χ4n) is 5.38. The van der Waals surface area contributed by atoms with E-state index in [1.807, 2.05) is 0 Å². The van der Waals surface area contributed by atoms with E-state index in [0.29, 0.717) is 0 Å². The molecule has 0 aromatic carbocycles. The number of nitrogens with two attached hydrogens (primary N) is 1. The van der Waals surface area contributed by atoms with Crippen LogP contribution in [-0.4, -0.2) is 33.0 Å². The summed E-state index contributed by atoms with van der Waals surface area (Å²) >= 11 is 0. The number of ether oxygens (including phenoxy) is 2. The molecule has 2 N–H and O–H groups in total. The Kier molecular flexibility index (Phi) is 45.0. The molecule has 0 aliphatic rings. The van der Waals surface area contributed by atoms with E-state index in [9.17, 15) is 0 Å². The van der Waals surface area contributed by atoms with Crippen LogP contribution in [0.2, 0.25) is 0 Å². The van der Waals surface area contributed by atoms with Gasteiger partial charge in [-0.15, -0.1) is 0 Å². The van der Waals surface area contributed by atoms with Gasteiger partial charge in [0.1, 0.15) is 0 Å². The summed E-state index contributed by atoms with van der Waals surface area (Å²) in [5.74, 6) is 0. The van der Waals surface area contributed by atoms with Gasteiger partial charge in [0.05, 0.1) is 12.7 Å².